The molecule has 0 spiro atoms. The van der Waals surface area contributed by atoms with Crippen molar-refractivity contribution in [3.05, 3.63) is 52.8 Å². The van der Waals surface area contributed by atoms with Crippen LogP contribution in [-0.4, -0.2) is 42.0 Å². The first-order valence-electron chi connectivity index (χ1n) is 10.2. The predicted molar refractivity (Wildman–Crippen MR) is 129 cm³/mol. The van der Waals surface area contributed by atoms with Crippen molar-refractivity contribution in [3.63, 3.8) is 0 Å². The lowest BCUT2D eigenvalue weighted by atomic mass is 9.74. The Hall–Kier alpha value is -1.61. The van der Waals surface area contributed by atoms with Crippen molar-refractivity contribution in [2.75, 3.05) is 26.3 Å². The third-order valence-corrected chi connectivity index (χ3v) is 5.83. The van der Waals surface area contributed by atoms with Gasteiger partial charge in [0.1, 0.15) is 0 Å². The molecule has 6 nitrogen and oxygen atoms in total. The first kappa shape index (κ1) is 23.7. The van der Waals surface area contributed by atoms with E-state index in [-0.39, 0.29) is 29.4 Å². The number of nitrogens with zero attached hydrogens (tertiary/aromatic N) is 3. The number of nitrogens with one attached hydrogen (secondary N) is 2. The third-order valence-electron chi connectivity index (χ3n) is 5.83. The molecule has 2 heterocycles. The lowest BCUT2D eigenvalue weighted by molar-refractivity contribution is 0.0514. The first-order chi connectivity index (χ1) is 13.6. The molecule has 1 aromatic heterocycles. The maximum absolute atomic E-state index is 5.65. The van der Waals surface area contributed by atoms with Crippen LogP contribution in [0.3, 0.4) is 0 Å². The number of aryl methyl sites for hydroxylation is 2. The number of hydrogen-bond donors (Lipinski definition) is 2. The van der Waals surface area contributed by atoms with Crippen molar-refractivity contribution in [2.24, 2.45) is 12.0 Å². The van der Waals surface area contributed by atoms with Gasteiger partial charge in [0.05, 0.1) is 12.2 Å². The molecule has 0 atom stereocenters. The van der Waals surface area contributed by atoms with Crippen LogP contribution < -0.4 is 10.6 Å². The summed E-state index contributed by atoms with van der Waals surface area (Å²) in [5.74, 6) is 0.854. The summed E-state index contributed by atoms with van der Waals surface area (Å²) >= 11 is 0. The van der Waals surface area contributed by atoms with E-state index in [1.807, 2.05) is 18.7 Å². The van der Waals surface area contributed by atoms with Crippen LogP contribution >= 0.6 is 24.0 Å². The summed E-state index contributed by atoms with van der Waals surface area (Å²) in [6.07, 6.45) is 2.04. The highest BCUT2D eigenvalue weighted by Gasteiger charge is 2.34. The third kappa shape index (κ3) is 5.72. The zero-order valence-corrected chi connectivity index (χ0v) is 20.3. The van der Waals surface area contributed by atoms with Gasteiger partial charge >= 0.3 is 0 Å². The average Bonchev–Trinajstić information content (AvgIpc) is 2.97. The molecule has 0 bridgehead atoms. The van der Waals surface area contributed by atoms with Gasteiger partial charge in [0, 0.05) is 50.0 Å². The Morgan fingerprint density at radius 2 is 1.86 bits per heavy atom. The quantitative estimate of drug-likeness (QED) is 0.355. The van der Waals surface area contributed by atoms with E-state index in [0.717, 1.165) is 50.8 Å². The van der Waals surface area contributed by atoms with E-state index in [0.29, 0.717) is 6.54 Å². The molecule has 1 aromatic carbocycles. The number of aromatic nitrogens is 2. The largest absolute Gasteiger partial charge is 0.381 e. The Kier molecular flexibility index (Phi) is 8.95. The smallest absolute Gasteiger partial charge is 0.191 e. The van der Waals surface area contributed by atoms with Gasteiger partial charge in [0.25, 0.3) is 0 Å². The van der Waals surface area contributed by atoms with Crippen molar-refractivity contribution < 1.29 is 4.74 Å². The maximum Gasteiger partial charge on any atom is 0.191 e. The van der Waals surface area contributed by atoms with Crippen LogP contribution in [-0.2, 0) is 23.7 Å². The molecule has 160 valence electrons. The van der Waals surface area contributed by atoms with Crippen LogP contribution in [0.1, 0.15) is 42.3 Å². The Morgan fingerprint density at radius 1 is 1.17 bits per heavy atom. The molecule has 2 N–H and O–H groups in total. The van der Waals surface area contributed by atoms with E-state index < -0.39 is 0 Å². The second-order valence-electron chi connectivity index (χ2n) is 7.58. The van der Waals surface area contributed by atoms with Crippen LogP contribution in [0, 0.1) is 13.8 Å². The molecule has 0 unspecified atom stereocenters. The Bertz CT molecular complexity index is 797. The topological polar surface area (TPSA) is 63.5 Å². The number of benzene rings is 1. The summed E-state index contributed by atoms with van der Waals surface area (Å²) in [6, 6.07) is 10.8. The number of hydrogen-bond acceptors (Lipinski definition) is 3. The number of halogens is 1. The van der Waals surface area contributed by atoms with Gasteiger partial charge in [0.15, 0.2) is 5.96 Å². The molecule has 0 radical (unpaired) electrons. The predicted octanol–water partition coefficient (Wildman–Crippen LogP) is 3.46. The fourth-order valence-corrected chi connectivity index (χ4v) is 3.92. The summed E-state index contributed by atoms with van der Waals surface area (Å²) in [5, 5.41) is 11.5. The average molecular weight is 511 g/mol. The molecular formula is C22H34IN5O. The lowest BCUT2D eigenvalue weighted by Gasteiger charge is -2.38. The van der Waals surface area contributed by atoms with Gasteiger partial charge in [-0.25, -0.2) is 4.99 Å². The minimum absolute atomic E-state index is 0. The Morgan fingerprint density at radius 3 is 2.45 bits per heavy atom. The van der Waals surface area contributed by atoms with Crippen LogP contribution in [0.15, 0.2) is 35.3 Å². The lowest BCUT2D eigenvalue weighted by Crippen LogP contribution is -2.48. The van der Waals surface area contributed by atoms with Crippen molar-refractivity contribution in [1.82, 2.24) is 20.4 Å². The van der Waals surface area contributed by atoms with Crippen LogP contribution in [0.25, 0.3) is 0 Å². The molecule has 0 aliphatic carbocycles. The normalized spacial score (nSPS) is 16.2. The number of aliphatic imine (C=N–C) groups is 1. The molecule has 1 fully saturated rings. The fraction of sp³-hybridized carbons (Fsp3) is 0.545. The molecule has 0 saturated carbocycles. The first-order valence-corrected chi connectivity index (χ1v) is 10.2. The van der Waals surface area contributed by atoms with E-state index in [9.17, 15) is 0 Å². The van der Waals surface area contributed by atoms with Gasteiger partial charge in [0.2, 0.25) is 0 Å². The SMILES string of the molecule is CCNC(=NCc1c(C)nn(C)c1C)NCC1(c2ccccc2)CCOCC1.I. The summed E-state index contributed by atoms with van der Waals surface area (Å²) < 4.78 is 7.58. The molecule has 3 rings (SSSR count). The number of ether oxygens (including phenoxy) is 1. The van der Waals surface area contributed by atoms with E-state index in [1.165, 1.54) is 16.8 Å². The van der Waals surface area contributed by atoms with Gasteiger partial charge in [-0.2, -0.15) is 5.10 Å². The minimum Gasteiger partial charge on any atom is -0.381 e. The van der Waals surface area contributed by atoms with E-state index >= 15 is 0 Å². The van der Waals surface area contributed by atoms with Crippen molar-refractivity contribution in [1.29, 1.82) is 0 Å². The standard InChI is InChI=1S/C22H33N5O.HI/c1-5-23-21(24-15-20-17(2)26-27(4)18(20)3)25-16-22(11-13-28-14-12-22)19-9-7-6-8-10-19;/h6-10H,5,11-16H2,1-4H3,(H2,23,24,25);1H. The van der Waals surface area contributed by atoms with Gasteiger partial charge < -0.3 is 15.4 Å². The Labute approximate surface area is 191 Å². The zero-order chi connectivity index (χ0) is 20.0. The summed E-state index contributed by atoms with van der Waals surface area (Å²) in [6.45, 7) is 10.1. The highest BCUT2D eigenvalue weighted by Crippen LogP contribution is 2.34. The molecule has 29 heavy (non-hydrogen) atoms. The molecule has 1 aliphatic heterocycles. The van der Waals surface area contributed by atoms with Gasteiger partial charge in [-0.05, 0) is 39.2 Å². The van der Waals surface area contributed by atoms with Gasteiger partial charge in [-0.15, -0.1) is 24.0 Å². The number of rotatable bonds is 6. The van der Waals surface area contributed by atoms with Crippen molar-refractivity contribution in [2.45, 2.75) is 45.6 Å². The van der Waals surface area contributed by atoms with Gasteiger partial charge in [-0.1, -0.05) is 30.3 Å². The minimum atomic E-state index is 0. The van der Waals surface area contributed by atoms with E-state index in [4.69, 9.17) is 9.73 Å². The summed E-state index contributed by atoms with van der Waals surface area (Å²) in [4.78, 5) is 4.84. The fourth-order valence-electron chi connectivity index (χ4n) is 3.92. The van der Waals surface area contributed by atoms with Crippen molar-refractivity contribution in [3.8, 4) is 0 Å². The molecule has 1 saturated heterocycles. The molecule has 1 aliphatic rings. The molecule has 7 heteroatoms. The van der Waals surface area contributed by atoms with Crippen LogP contribution in [0.4, 0.5) is 0 Å². The monoisotopic (exact) mass is 511 g/mol. The molecule has 0 amide bonds. The number of guanidine groups is 1. The van der Waals surface area contributed by atoms with Crippen LogP contribution in [0.5, 0.6) is 0 Å². The summed E-state index contributed by atoms with van der Waals surface area (Å²) in [7, 11) is 1.98. The highest BCUT2D eigenvalue weighted by atomic mass is 127. The van der Waals surface area contributed by atoms with Crippen LogP contribution in [0.2, 0.25) is 0 Å². The second kappa shape index (κ2) is 11.0. The van der Waals surface area contributed by atoms with E-state index in [2.05, 4.69) is 59.9 Å². The molecular weight excluding hydrogens is 477 g/mol. The zero-order valence-electron chi connectivity index (χ0n) is 18.0. The second-order valence-corrected chi connectivity index (χ2v) is 7.58. The molecule has 2 aromatic rings. The Balaban J connectivity index is 0.00000300. The van der Waals surface area contributed by atoms with Gasteiger partial charge in [-0.3, -0.25) is 4.68 Å². The summed E-state index contributed by atoms with van der Waals surface area (Å²) in [5.41, 5.74) is 4.87. The van der Waals surface area contributed by atoms with Crippen molar-refractivity contribution >= 4 is 29.9 Å². The highest BCUT2D eigenvalue weighted by molar-refractivity contribution is 14.0. The van der Waals surface area contributed by atoms with E-state index in [1.54, 1.807) is 0 Å². The maximum atomic E-state index is 5.65.